The summed E-state index contributed by atoms with van der Waals surface area (Å²) >= 11 is 0.701. The molecule has 132 valence electrons. The third-order valence-electron chi connectivity index (χ3n) is 4.04. The summed E-state index contributed by atoms with van der Waals surface area (Å²) in [6, 6.07) is 5.59. The maximum atomic E-state index is 12.5. The highest BCUT2D eigenvalue weighted by Gasteiger charge is 2.33. The maximum absolute atomic E-state index is 12.5. The first-order chi connectivity index (χ1) is 11.8. The predicted octanol–water partition coefficient (Wildman–Crippen LogP) is 4.25. The smallest absolute Gasteiger partial charge is 0.302 e. The van der Waals surface area contributed by atoms with Crippen LogP contribution in [0.15, 0.2) is 23.6 Å². The largest absolute Gasteiger partial charge is 0.434 e. The van der Waals surface area contributed by atoms with Crippen LogP contribution in [-0.2, 0) is 23.8 Å². The van der Waals surface area contributed by atoms with Gasteiger partial charge in [-0.15, -0.1) is 11.3 Å². The van der Waals surface area contributed by atoms with E-state index in [0.29, 0.717) is 16.9 Å². The molecule has 8 heteroatoms. The summed E-state index contributed by atoms with van der Waals surface area (Å²) in [5, 5.41) is 3.01. The number of thiazole rings is 1. The summed E-state index contributed by atoms with van der Waals surface area (Å²) in [5.74, 6) is -0.683. The van der Waals surface area contributed by atoms with Gasteiger partial charge in [-0.1, -0.05) is 12.1 Å². The third-order valence-corrected chi connectivity index (χ3v) is 4.80. The van der Waals surface area contributed by atoms with Gasteiger partial charge in [0.2, 0.25) is 5.91 Å². The number of hydrogen-bond donors (Lipinski definition) is 1. The minimum Gasteiger partial charge on any atom is -0.302 e. The lowest BCUT2D eigenvalue weighted by molar-refractivity contribution is -0.140. The number of nitrogens with one attached hydrogen (secondary N) is 1. The number of hydrogen-bond acceptors (Lipinski definition) is 4. The molecule has 0 saturated carbocycles. The fourth-order valence-corrected chi connectivity index (χ4v) is 3.49. The first kappa shape index (κ1) is 17.6. The molecule has 0 fully saturated rings. The van der Waals surface area contributed by atoms with Crippen molar-refractivity contribution in [3.05, 3.63) is 46.0 Å². The summed E-state index contributed by atoms with van der Waals surface area (Å²) < 4.78 is 37.4. The second kappa shape index (κ2) is 6.95. The lowest BCUT2D eigenvalue weighted by Crippen LogP contribution is -2.14. The molecule has 1 amide bonds. The molecule has 1 aliphatic carbocycles. The molecule has 25 heavy (non-hydrogen) atoms. The van der Waals surface area contributed by atoms with E-state index < -0.39 is 17.8 Å². The van der Waals surface area contributed by atoms with Gasteiger partial charge in [-0.2, -0.15) is 13.2 Å². The lowest BCUT2D eigenvalue weighted by Gasteiger charge is -2.05. The third kappa shape index (κ3) is 4.25. The average Bonchev–Trinajstić information content (AvgIpc) is 3.20. The molecule has 0 spiro atoms. The number of aryl methyl sites for hydroxylation is 2. The standard InChI is InChI=1S/C17H15F3N2O2S/c18-17(19,20)14-9-25-16(21-14)22-15(24)7-6-13(23)12-5-4-10-2-1-3-11(10)8-12/h4-5,8-9H,1-3,6-7H2,(H,21,22,24). The predicted molar refractivity (Wildman–Crippen MR) is 87.8 cm³/mol. The van der Waals surface area contributed by atoms with Crippen LogP contribution in [0.2, 0.25) is 0 Å². The van der Waals surface area contributed by atoms with E-state index in [1.807, 2.05) is 12.1 Å². The van der Waals surface area contributed by atoms with Crippen molar-refractivity contribution >= 4 is 28.2 Å². The second-order valence-electron chi connectivity index (χ2n) is 5.84. The van der Waals surface area contributed by atoms with Crippen LogP contribution in [-0.4, -0.2) is 16.7 Å². The summed E-state index contributed by atoms with van der Waals surface area (Å²) in [7, 11) is 0. The van der Waals surface area contributed by atoms with Gasteiger partial charge in [0.1, 0.15) is 0 Å². The van der Waals surface area contributed by atoms with Crippen LogP contribution in [0.5, 0.6) is 0 Å². The molecule has 0 radical (unpaired) electrons. The van der Waals surface area contributed by atoms with Crippen molar-refractivity contribution in [1.29, 1.82) is 0 Å². The fraction of sp³-hybridized carbons (Fsp3) is 0.353. The number of fused-ring (bicyclic) bond motifs is 1. The number of ketones is 1. The van der Waals surface area contributed by atoms with Crippen molar-refractivity contribution in [2.45, 2.75) is 38.3 Å². The molecule has 2 aromatic rings. The molecule has 1 aliphatic rings. The quantitative estimate of drug-likeness (QED) is 0.803. The van der Waals surface area contributed by atoms with Crippen molar-refractivity contribution in [3.8, 4) is 0 Å². The van der Waals surface area contributed by atoms with Crippen LogP contribution in [0.25, 0.3) is 0 Å². The van der Waals surface area contributed by atoms with Crippen molar-refractivity contribution in [3.63, 3.8) is 0 Å². The number of rotatable bonds is 5. The zero-order valence-corrected chi connectivity index (χ0v) is 14.0. The van der Waals surface area contributed by atoms with Crippen LogP contribution in [0, 0.1) is 0 Å². The van der Waals surface area contributed by atoms with Crippen LogP contribution in [0.4, 0.5) is 18.3 Å². The average molecular weight is 368 g/mol. The summed E-state index contributed by atoms with van der Waals surface area (Å²) in [6.07, 6.45) is -1.56. The van der Waals surface area contributed by atoms with Crippen molar-refractivity contribution in [2.75, 3.05) is 5.32 Å². The van der Waals surface area contributed by atoms with E-state index in [1.165, 1.54) is 11.1 Å². The Morgan fingerprint density at radius 1 is 1.16 bits per heavy atom. The zero-order valence-electron chi connectivity index (χ0n) is 13.2. The van der Waals surface area contributed by atoms with E-state index in [1.54, 1.807) is 6.07 Å². The maximum Gasteiger partial charge on any atom is 0.434 e. The topological polar surface area (TPSA) is 59.1 Å². The van der Waals surface area contributed by atoms with Gasteiger partial charge >= 0.3 is 6.18 Å². The minimum absolute atomic E-state index is 0.00211. The van der Waals surface area contributed by atoms with E-state index in [4.69, 9.17) is 0 Å². The monoisotopic (exact) mass is 368 g/mol. The number of amides is 1. The highest BCUT2D eigenvalue weighted by atomic mass is 32.1. The number of alkyl halides is 3. The molecular formula is C17H15F3N2O2S. The molecule has 0 bridgehead atoms. The van der Waals surface area contributed by atoms with Gasteiger partial charge in [-0.25, -0.2) is 4.98 Å². The molecule has 0 saturated heterocycles. The summed E-state index contributed by atoms with van der Waals surface area (Å²) in [4.78, 5) is 27.3. The highest BCUT2D eigenvalue weighted by molar-refractivity contribution is 7.13. The molecule has 0 aliphatic heterocycles. The van der Waals surface area contributed by atoms with E-state index in [-0.39, 0.29) is 23.8 Å². The van der Waals surface area contributed by atoms with Gasteiger partial charge < -0.3 is 5.32 Å². The Bertz CT molecular complexity index is 814. The Morgan fingerprint density at radius 3 is 2.64 bits per heavy atom. The Balaban J connectivity index is 1.53. The first-order valence-corrected chi connectivity index (χ1v) is 8.68. The normalized spacial score (nSPS) is 13.6. The SMILES string of the molecule is O=C(CCC(=O)c1ccc2c(c1)CCC2)Nc1nc(C(F)(F)F)cs1. The molecule has 0 atom stereocenters. The minimum atomic E-state index is -4.54. The van der Waals surface area contributed by atoms with E-state index >= 15 is 0 Å². The number of nitrogens with zero attached hydrogens (tertiary/aromatic N) is 1. The van der Waals surface area contributed by atoms with Crippen LogP contribution >= 0.6 is 11.3 Å². The molecule has 3 rings (SSSR count). The van der Waals surface area contributed by atoms with Gasteiger partial charge in [0, 0.05) is 23.8 Å². The Kier molecular flexibility index (Phi) is 4.89. The van der Waals surface area contributed by atoms with E-state index in [0.717, 1.165) is 24.6 Å². The summed E-state index contributed by atoms with van der Waals surface area (Å²) in [5.41, 5.74) is 1.97. The van der Waals surface area contributed by atoms with Crippen molar-refractivity contribution in [2.24, 2.45) is 0 Å². The van der Waals surface area contributed by atoms with Crippen molar-refractivity contribution in [1.82, 2.24) is 4.98 Å². The first-order valence-electron chi connectivity index (χ1n) is 7.80. The Morgan fingerprint density at radius 2 is 1.92 bits per heavy atom. The Hall–Kier alpha value is -2.22. The van der Waals surface area contributed by atoms with Crippen LogP contribution in [0.1, 0.15) is 46.4 Å². The zero-order chi connectivity index (χ0) is 18.0. The van der Waals surface area contributed by atoms with Gasteiger partial charge in [-0.05, 0) is 36.5 Å². The molecule has 4 nitrogen and oxygen atoms in total. The number of benzene rings is 1. The lowest BCUT2D eigenvalue weighted by atomic mass is 10.0. The van der Waals surface area contributed by atoms with Gasteiger partial charge in [-0.3, -0.25) is 9.59 Å². The van der Waals surface area contributed by atoms with Gasteiger partial charge in [0.15, 0.2) is 16.6 Å². The molecule has 1 aromatic heterocycles. The molecule has 0 unspecified atom stereocenters. The number of Topliss-reactive ketones (excluding diaryl/α,β-unsaturated/α-hetero) is 1. The van der Waals surface area contributed by atoms with Crippen molar-refractivity contribution < 1.29 is 22.8 Å². The number of halogens is 3. The molecule has 1 heterocycles. The van der Waals surface area contributed by atoms with E-state index in [2.05, 4.69) is 10.3 Å². The second-order valence-corrected chi connectivity index (χ2v) is 6.70. The Labute approximate surface area is 146 Å². The number of carbonyl (C=O) groups is 2. The number of anilines is 1. The number of carbonyl (C=O) groups excluding carboxylic acids is 2. The van der Waals surface area contributed by atoms with Gasteiger partial charge in [0.05, 0.1) is 0 Å². The van der Waals surface area contributed by atoms with E-state index in [9.17, 15) is 22.8 Å². The summed E-state index contributed by atoms with van der Waals surface area (Å²) in [6.45, 7) is 0. The van der Waals surface area contributed by atoms with Gasteiger partial charge in [0.25, 0.3) is 0 Å². The fourth-order valence-electron chi connectivity index (χ4n) is 2.76. The van der Waals surface area contributed by atoms with Crippen LogP contribution < -0.4 is 5.32 Å². The number of aromatic nitrogens is 1. The molecular weight excluding hydrogens is 353 g/mol. The highest BCUT2D eigenvalue weighted by Crippen LogP contribution is 2.31. The van der Waals surface area contributed by atoms with Crippen LogP contribution in [0.3, 0.4) is 0 Å². The molecule has 1 aromatic carbocycles. The molecule has 1 N–H and O–H groups in total.